The Kier molecular flexibility index (Phi) is 15.8. The van der Waals surface area contributed by atoms with Crippen molar-refractivity contribution in [3.8, 4) is 0 Å². The van der Waals surface area contributed by atoms with Crippen LogP contribution in [0.15, 0.2) is 0 Å². The van der Waals surface area contributed by atoms with Gasteiger partial charge in [-0.1, -0.05) is 51.9 Å². The first-order chi connectivity index (χ1) is 17.2. The standard InChI is InChI=1S/C24H50N4.C8H19N/c1-21(2)15-19(16-22(3,4)27-21)25-13-11-9-10-12-14-26-20-17-23(5,6)28-24(7,8)18-20;1-2-3-4-5-6-7-8-9/h19-20,25-28H,9-18H2,1-8H3;2-9H2,1H3. The van der Waals surface area contributed by atoms with E-state index in [1.54, 1.807) is 0 Å². The molecule has 2 aliphatic heterocycles. The highest BCUT2D eigenvalue weighted by molar-refractivity contribution is 5.00. The number of hydrogen-bond acceptors (Lipinski definition) is 5. The van der Waals surface area contributed by atoms with Crippen molar-refractivity contribution in [3.05, 3.63) is 0 Å². The second-order valence-corrected chi connectivity index (χ2v) is 14.9. The second kappa shape index (κ2) is 16.8. The van der Waals surface area contributed by atoms with E-state index in [1.807, 2.05) is 0 Å². The predicted octanol–water partition coefficient (Wildman–Crippen LogP) is 6.65. The van der Waals surface area contributed by atoms with Crippen molar-refractivity contribution in [2.45, 2.75) is 186 Å². The Morgan fingerprint density at radius 2 is 0.865 bits per heavy atom. The fourth-order valence-electron chi connectivity index (χ4n) is 7.07. The summed E-state index contributed by atoms with van der Waals surface area (Å²) < 4.78 is 0. The molecule has 0 atom stereocenters. The maximum absolute atomic E-state index is 5.34. The average molecular weight is 524 g/mol. The first-order valence-electron chi connectivity index (χ1n) is 15.9. The summed E-state index contributed by atoms with van der Waals surface area (Å²) in [7, 11) is 0. The molecule has 0 radical (unpaired) electrons. The average Bonchev–Trinajstić information content (AvgIpc) is 2.71. The van der Waals surface area contributed by atoms with Gasteiger partial charge in [-0.15, -0.1) is 0 Å². The number of unbranched alkanes of at least 4 members (excludes halogenated alkanes) is 8. The van der Waals surface area contributed by atoms with Crippen molar-refractivity contribution < 1.29 is 0 Å². The molecule has 5 heteroatoms. The van der Waals surface area contributed by atoms with Gasteiger partial charge in [-0.25, -0.2) is 0 Å². The van der Waals surface area contributed by atoms with Gasteiger partial charge in [-0.3, -0.25) is 0 Å². The zero-order chi connectivity index (χ0) is 28.0. The molecule has 0 bridgehead atoms. The zero-order valence-electron chi connectivity index (χ0n) is 26.8. The van der Waals surface area contributed by atoms with Crippen molar-refractivity contribution >= 4 is 0 Å². The first kappa shape index (κ1) is 34.8. The third-order valence-corrected chi connectivity index (χ3v) is 7.91. The zero-order valence-corrected chi connectivity index (χ0v) is 26.8. The number of rotatable bonds is 15. The van der Waals surface area contributed by atoms with Crippen LogP contribution >= 0.6 is 0 Å². The molecule has 0 amide bonds. The van der Waals surface area contributed by atoms with E-state index in [0.29, 0.717) is 12.1 Å². The Labute approximate surface area is 233 Å². The van der Waals surface area contributed by atoms with Crippen LogP contribution in [-0.2, 0) is 0 Å². The van der Waals surface area contributed by atoms with E-state index in [0.717, 1.165) is 6.54 Å². The molecule has 0 unspecified atom stereocenters. The molecule has 0 saturated carbocycles. The van der Waals surface area contributed by atoms with Crippen LogP contribution < -0.4 is 27.0 Å². The summed E-state index contributed by atoms with van der Waals surface area (Å²) >= 11 is 0. The van der Waals surface area contributed by atoms with Crippen LogP contribution in [0.4, 0.5) is 0 Å². The molecule has 0 aromatic rings. The van der Waals surface area contributed by atoms with Crippen LogP contribution in [0.5, 0.6) is 0 Å². The van der Waals surface area contributed by atoms with Crippen molar-refractivity contribution in [1.82, 2.24) is 21.3 Å². The number of nitrogens with one attached hydrogen (secondary N) is 4. The van der Waals surface area contributed by atoms with Crippen LogP contribution in [-0.4, -0.2) is 53.9 Å². The molecule has 2 saturated heterocycles. The van der Waals surface area contributed by atoms with E-state index in [9.17, 15) is 0 Å². The molecule has 0 aromatic heterocycles. The second-order valence-electron chi connectivity index (χ2n) is 14.9. The van der Waals surface area contributed by atoms with Gasteiger partial charge in [0.25, 0.3) is 0 Å². The summed E-state index contributed by atoms with van der Waals surface area (Å²) in [5, 5.41) is 15.2. The molecule has 222 valence electrons. The van der Waals surface area contributed by atoms with Crippen molar-refractivity contribution in [2.24, 2.45) is 5.73 Å². The minimum absolute atomic E-state index is 0.239. The molecule has 0 spiro atoms. The third kappa shape index (κ3) is 17.2. The van der Waals surface area contributed by atoms with E-state index < -0.39 is 0 Å². The molecule has 6 N–H and O–H groups in total. The highest BCUT2D eigenvalue weighted by Gasteiger charge is 2.38. The lowest BCUT2D eigenvalue weighted by atomic mass is 9.79. The van der Waals surface area contributed by atoms with Gasteiger partial charge >= 0.3 is 0 Å². The topological polar surface area (TPSA) is 74.1 Å². The monoisotopic (exact) mass is 524 g/mol. The third-order valence-electron chi connectivity index (χ3n) is 7.91. The van der Waals surface area contributed by atoms with E-state index in [4.69, 9.17) is 5.73 Å². The Hall–Kier alpha value is -0.200. The van der Waals surface area contributed by atoms with Gasteiger partial charge in [0, 0.05) is 34.2 Å². The molecular formula is C32H69N5. The van der Waals surface area contributed by atoms with Gasteiger partial charge in [0.05, 0.1) is 0 Å². The van der Waals surface area contributed by atoms with Crippen LogP contribution in [0.25, 0.3) is 0 Å². The number of nitrogens with two attached hydrogens (primary N) is 1. The highest BCUT2D eigenvalue weighted by Crippen LogP contribution is 2.29. The maximum Gasteiger partial charge on any atom is 0.0144 e. The molecule has 2 fully saturated rings. The molecule has 0 aliphatic carbocycles. The van der Waals surface area contributed by atoms with Gasteiger partial charge in [-0.05, 0) is 120 Å². The molecule has 0 aromatic carbocycles. The summed E-state index contributed by atoms with van der Waals surface area (Å²) in [4.78, 5) is 0. The van der Waals surface area contributed by atoms with Gasteiger partial charge in [-0.2, -0.15) is 0 Å². The quantitative estimate of drug-likeness (QED) is 0.155. The SMILES string of the molecule is CC1(C)CC(NCCCCCCNC2CC(C)(C)NC(C)(C)C2)CC(C)(C)N1.CCCCCCCCN. The molecule has 37 heavy (non-hydrogen) atoms. The molecule has 2 rings (SSSR count). The smallest absolute Gasteiger partial charge is 0.0144 e. The maximum atomic E-state index is 5.34. The van der Waals surface area contributed by atoms with Gasteiger partial charge in [0.2, 0.25) is 0 Å². The van der Waals surface area contributed by atoms with E-state index in [1.165, 1.54) is 103 Å². The summed E-state index contributed by atoms with van der Waals surface area (Å²) in [6, 6.07) is 1.30. The molecule has 5 nitrogen and oxygen atoms in total. The van der Waals surface area contributed by atoms with Gasteiger partial charge in [0.1, 0.15) is 0 Å². The van der Waals surface area contributed by atoms with E-state index >= 15 is 0 Å². The van der Waals surface area contributed by atoms with Crippen LogP contribution in [0.2, 0.25) is 0 Å². The van der Waals surface area contributed by atoms with Crippen molar-refractivity contribution in [1.29, 1.82) is 0 Å². The van der Waals surface area contributed by atoms with Crippen LogP contribution in [0.3, 0.4) is 0 Å². The molecule has 2 heterocycles. The minimum Gasteiger partial charge on any atom is -0.330 e. The fraction of sp³-hybridized carbons (Fsp3) is 1.00. The number of piperidine rings is 2. The molecular weight excluding hydrogens is 454 g/mol. The normalized spacial score (nSPS) is 22.9. The summed E-state index contributed by atoms with van der Waals surface area (Å²) in [5.74, 6) is 0. The van der Waals surface area contributed by atoms with Crippen LogP contribution in [0, 0.1) is 0 Å². The van der Waals surface area contributed by atoms with Crippen molar-refractivity contribution in [2.75, 3.05) is 19.6 Å². The Morgan fingerprint density at radius 3 is 1.22 bits per heavy atom. The summed E-state index contributed by atoms with van der Waals surface area (Å²) in [6.45, 7) is 24.1. The summed E-state index contributed by atoms with van der Waals surface area (Å²) in [5.41, 5.74) is 6.30. The summed E-state index contributed by atoms with van der Waals surface area (Å²) in [6.07, 6.45) is 18.2. The largest absolute Gasteiger partial charge is 0.330 e. The lowest BCUT2D eigenvalue weighted by Crippen LogP contribution is -2.61. The highest BCUT2D eigenvalue weighted by atomic mass is 15.1. The lowest BCUT2D eigenvalue weighted by molar-refractivity contribution is 0.145. The molecule has 2 aliphatic rings. The Morgan fingerprint density at radius 1 is 0.541 bits per heavy atom. The minimum atomic E-state index is 0.239. The lowest BCUT2D eigenvalue weighted by Gasteiger charge is -2.47. The van der Waals surface area contributed by atoms with Crippen LogP contribution in [0.1, 0.15) is 152 Å². The Balaban J connectivity index is 0.000000649. The first-order valence-corrected chi connectivity index (χ1v) is 15.9. The van der Waals surface area contributed by atoms with E-state index in [2.05, 4.69) is 83.6 Å². The van der Waals surface area contributed by atoms with Crippen molar-refractivity contribution in [3.63, 3.8) is 0 Å². The number of hydrogen-bond donors (Lipinski definition) is 5. The van der Waals surface area contributed by atoms with Gasteiger partial charge < -0.3 is 27.0 Å². The Bertz CT molecular complexity index is 502. The fourth-order valence-corrected chi connectivity index (χ4v) is 7.07. The van der Waals surface area contributed by atoms with E-state index in [-0.39, 0.29) is 22.2 Å². The van der Waals surface area contributed by atoms with Gasteiger partial charge in [0.15, 0.2) is 0 Å². The predicted molar refractivity (Wildman–Crippen MR) is 166 cm³/mol.